The van der Waals surface area contributed by atoms with Crippen molar-refractivity contribution >= 4 is 5.95 Å². The Morgan fingerprint density at radius 2 is 2.40 bits per heavy atom. The Kier molecular flexibility index (Phi) is 2.40. The lowest BCUT2D eigenvalue weighted by Crippen LogP contribution is -2.16. The highest BCUT2D eigenvalue weighted by molar-refractivity contribution is 5.45. The number of tetrazole rings is 1. The fourth-order valence-electron chi connectivity index (χ4n) is 1.44. The van der Waals surface area contributed by atoms with E-state index >= 15 is 0 Å². The van der Waals surface area contributed by atoms with E-state index in [0.29, 0.717) is 11.9 Å². The zero-order valence-corrected chi connectivity index (χ0v) is 8.81. The lowest BCUT2D eigenvalue weighted by Gasteiger charge is -2.17. The van der Waals surface area contributed by atoms with Crippen LogP contribution < -0.4 is 11.1 Å². The molecule has 2 rings (SSSR count). The highest BCUT2D eigenvalue weighted by Gasteiger charge is 2.12. The number of aromatic nitrogens is 4. The lowest BCUT2D eigenvalue weighted by molar-refractivity contribution is 0.708. The molecular formula is C9H14N6. The molecule has 15 heavy (non-hydrogen) atoms. The van der Waals surface area contributed by atoms with Crippen molar-refractivity contribution < 1.29 is 0 Å². The predicted molar refractivity (Wildman–Crippen MR) is 56.6 cm³/mol. The normalized spacial score (nSPS) is 20.8. The molecule has 0 aromatic carbocycles. The molecule has 0 bridgehead atoms. The first kappa shape index (κ1) is 9.70. The van der Waals surface area contributed by atoms with Gasteiger partial charge in [0, 0.05) is 7.05 Å². The van der Waals surface area contributed by atoms with Gasteiger partial charge in [-0.25, -0.2) is 4.68 Å². The molecule has 1 aromatic rings. The van der Waals surface area contributed by atoms with Gasteiger partial charge in [0.1, 0.15) is 0 Å². The van der Waals surface area contributed by atoms with Crippen molar-refractivity contribution in [3.63, 3.8) is 0 Å². The maximum atomic E-state index is 5.86. The summed E-state index contributed by atoms with van der Waals surface area (Å²) in [5.74, 6) is 1.08. The van der Waals surface area contributed by atoms with Crippen LogP contribution in [0.5, 0.6) is 0 Å². The summed E-state index contributed by atoms with van der Waals surface area (Å²) in [6.45, 7) is 2.14. The maximum Gasteiger partial charge on any atom is 0.247 e. The zero-order chi connectivity index (χ0) is 10.8. The first-order chi connectivity index (χ1) is 7.16. The third kappa shape index (κ3) is 1.98. The average molecular weight is 206 g/mol. The number of nitrogens with one attached hydrogen (secondary N) is 1. The summed E-state index contributed by atoms with van der Waals surface area (Å²) in [5.41, 5.74) is 7.49. The number of hydrogen-bond acceptors (Lipinski definition) is 5. The summed E-state index contributed by atoms with van der Waals surface area (Å²) in [6, 6.07) is 0. The Bertz CT molecular complexity index is 416. The molecular weight excluding hydrogens is 192 g/mol. The summed E-state index contributed by atoms with van der Waals surface area (Å²) in [6.07, 6.45) is 5.08. The van der Waals surface area contributed by atoms with Crippen molar-refractivity contribution in [2.75, 3.05) is 5.32 Å². The molecule has 6 nitrogen and oxygen atoms in total. The van der Waals surface area contributed by atoms with Gasteiger partial charge in [0.25, 0.3) is 0 Å². The molecule has 1 atom stereocenters. The summed E-state index contributed by atoms with van der Waals surface area (Å²) < 4.78 is 1.56. The number of allylic oxidation sites excluding steroid dienone is 2. The number of rotatable bonds is 2. The van der Waals surface area contributed by atoms with Crippen LogP contribution in [0.4, 0.5) is 5.95 Å². The standard InChI is InChI=1S/C9H14N6/c1-6-3-4-7(10)8(5-6)11-9-12-13-14-15(9)2/h4-6H,3,10H2,1-2H3,(H,11,12,14). The van der Waals surface area contributed by atoms with E-state index in [2.05, 4.69) is 33.8 Å². The molecule has 6 heteroatoms. The van der Waals surface area contributed by atoms with Gasteiger partial charge in [0.2, 0.25) is 5.95 Å². The third-order valence-electron chi connectivity index (χ3n) is 2.34. The van der Waals surface area contributed by atoms with Gasteiger partial charge in [-0.2, -0.15) is 0 Å². The quantitative estimate of drug-likeness (QED) is 0.731. The second-order valence-electron chi connectivity index (χ2n) is 3.70. The first-order valence-electron chi connectivity index (χ1n) is 4.84. The van der Waals surface area contributed by atoms with E-state index in [9.17, 15) is 0 Å². The topological polar surface area (TPSA) is 81.7 Å². The van der Waals surface area contributed by atoms with Crippen LogP contribution in [0, 0.1) is 5.92 Å². The van der Waals surface area contributed by atoms with E-state index in [-0.39, 0.29) is 0 Å². The van der Waals surface area contributed by atoms with Crippen molar-refractivity contribution in [1.82, 2.24) is 20.2 Å². The van der Waals surface area contributed by atoms with E-state index in [1.165, 1.54) is 0 Å². The van der Waals surface area contributed by atoms with Gasteiger partial charge < -0.3 is 11.1 Å². The van der Waals surface area contributed by atoms with Crippen molar-refractivity contribution in [2.45, 2.75) is 13.3 Å². The van der Waals surface area contributed by atoms with Gasteiger partial charge in [-0.15, -0.1) is 0 Å². The van der Waals surface area contributed by atoms with E-state index < -0.39 is 0 Å². The molecule has 0 radical (unpaired) electrons. The molecule has 0 saturated carbocycles. The van der Waals surface area contributed by atoms with Crippen LogP contribution in [-0.4, -0.2) is 20.2 Å². The summed E-state index contributed by atoms with van der Waals surface area (Å²) >= 11 is 0. The highest BCUT2D eigenvalue weighted by Crippen LogP contribution is 2.20. The van der Waals surface area contributed by atoms with Crippen LogP contribution in [0.1, 0.15) is 13.3 Å². The van der Waals surface area contributed by atoms with E-state index in [4.69, 9.17) is 5.73 Å². The van der Waals surface area contributed by atoms with Gasteiger partial charge in [0.15, 0.2) is 0 Å². The molecule has 80 valence electrons. The Hall–Kier alpha value is -1.85. The molecule has 1 aromatic heterocycles. The van der Waals surface area contributed by atoms with Crippen LogP contribution in [0.25, 0.3) is 0 Å². The highest BCUT2D eigenvalue weighted by atomic mass is 15.6. The molecule has 0 aliphatic heterocycles. The van der Waals surface area contributed by atoms with Crippen LogP contribution >= 0.6 is 0 Å². The molecule has 1 aliphatic carbocycles. The van der Waals surface area contributed by atoms with Gasteiger partial charge in [-0.05, 0) is 22.8 Å². The molecule has 1 heterocycles. The minimum Gasteiger partial charge on any atom is -0.397 e. The summed E-state index contributed by atoms with van der Waals surface area (Å²) in [5, 5.41) is 14.2. The lowest BCUT2D eigenvalue weighted by atomic mass is 9.99. The second-order valence-corrected chi connectivity index (χ2v) is 3.70. The molecule has 0 amide bonds. The maximum absolute atomic E-state index is 5.86. The van der Waals surface area contributed by atoms with Crippen LogP contribution in [0.3, 0.4) is 0 Å². The van der Waals surface area contributed by atoms with Gasteiger partial charge in [-0.1, -0.05) is 24.2 Å². The average Bonchev–Trinajstić information content (AvgIpc) is 2.58. The van der Waals surface area contributed by atoms with Crippen molar-refractivity contribution in [1.29, 1.82) is 0 Å². The minimum atomic E-state index is 0.487. The first-order valence-corrected chi connectivity index (χ1v) is 4.84. The molecule has 1 aliphatic rings. The Labute approximate surface area is 87.8 Å². The van der Waals surface area contributed by atoms with Gasteiger partial charge >= 0.3 is 0 Å². The Balaban J connectivity index is 2.18. The number of nitrogens with two attached hydrogens (primary N) is 1. The fourth-order valence-corrected chi connectivity index (χ4v) is 1.44. The van der Waals surface area contributed by atoms with Crippen molar-refractivity contribution in [2.24, 2.45) is 18.7 Å². The number of anilines is 1. The molecule has 3 N–H and O–H groups in total. The molecule has 0 fully saturated rings. The number of aryl methyl sites for hydroxylation is 1. The number of nitrogens with zero attached hydrogens (tertiary/aromatic N) is 4. The Morgan fingerprint density at radius 3 is 3.07 bits per heavy atom. The minimum absolute atomic E-state index is 0.487. The van der Waals surface area contributed by atoms with Crippen LogP contribution in [-0.2, 0) is 7.05 Å². The largest absolute Gasteiger partial charge is 0.397 e. The van der Waals surface area contributed by atoms with Crippen LogP contribution in [0.15, 0.2) is 23.5 Å². The fraction of sp³-hybridized carbons (Fsp3) is 0.444. The second kappa shape index (κ2) is 3.72. The van der Waals surface area contributed by atoms with E-state index in [1.807, 2.05) is 6.08 Å². The number of hydrogen-bond donors (Lipinski definition) is 2. The summed E-state index contributed by atoms with van der Waals surface area (Å²) in [4.78, 5) is 0. The van der Waals surface area contributed by atoms with Crippen molar-refractivity contribution in [3.8, 4) is 0 Å². The predicted octanol–water partition coefficient (Wildman–Crippen LogP) is 0.388. The van der Waals surface area contributed by atoms with E-state index in [0.717, 1.165) is 17.8 Å². The van der Waals surface area contributed by atoms with Gasteiger partial charge in [0.05, 0.1) is 11.4 Å². The third-order valence-corrected chi connectivity index (χ3v) is 2.34. The summed E-state index contributed by atoms with van der Waals surface area (Å²) in [7, 11) is 1.77. The molecule has 0 saturated heterocycles. The SMILES string of the molecule is CC1C=C(Nc2nnnn2C)C(N)=CC1. The van der Waals surface area contributed by atoms with Crippen LogP contribution in [0.2, 0.25) is 0 Å². The van der Waals surface area contributed by atoms with Gasteiger partial charge in [-0.3, -0.25) is 0 Å². The smallest absolute Gasteiger partial charge is 0.247 e. The van der Waals surface area contributed by atoms with Crippen molar-refractivity contribution in [3.05, 3.63) is 23.5 Å². The Morgan fingerprint density at radius 1 is 1.60 bits per heavy atom. The monoisotopic (exact) mass is 206 g/mol. The van der Waals surface area contributed by atoms with E-state index in [1.54, 1.807) is 11.7 Å². The molecule has 1 unspecified atom stereocenters. The molecule has 0 spiro atoms. The zero-order valence-electron chi connectivity index (χ0n) is 8.81.